The van der Waals surface area contributed by atoms with Gasteiger partial charge in [0.2, 0.25) is 0 Å². The molecular formula is C17H14N6. The summed E-state index contributed by atoms with van der Waals surface area (Å²) in [6.07, 6.45) is 7.01. The Hall–Kier alpha value is -3.41. The Balaban J connectivity index is 1.70. The molecule has 6 heteroatoms. The van der Waals surface area contributed by atoms with E-state index in [4.69, 9.17) is 5.73 Å². The standard InChI is InChI=1S/C17H14N6/c18-16-17(22-13-1-2-14-12(9-13)5-8-20-14)23-15(10-21-16)11-3-6-19-7-4-11/h1-10,20H,(H2,18,21)(H,22,23). The van der Waals surface area contributed by atoms with Gasteiger partial charge in [-0.25, -0.2) is 9.97 Å². The van der Waals surface area contributed by atoms with Gasteiger partial charge in [-0.05, 0) is 36.4 Å². The van der Waals surface area contributed by atoms with Crippen LogP contribution in [0.3, 0.4) is 0 Å². The summed E-state index contributed by atoms with van der Waals surface area (Å²) < 4.78 is 0. The second-order valence-electron chi connectivity index (χ2n) is 5.13. The van der Waals surface area contributed by atoms with Gasteiger partial charge in [-0.1, -0.05) is 0 Å². The highest BCUT2D eigenvalue weighted by molar-refractivity contribution is 5.84. The van der Waals surface area contributed by atoms with E-state index in [0.717, 1.165) is 27.8 Å². The van der Waals surface area contributed by atoms with E-state index in [9.17, 15) is 0 Å². The average Bonchev–Trinajstić information content (AvgIpc) is 3.05. The second kappa shape index (κ2) is 5.42. The largest absolute Gasteiger partial charge is 0.381 e. The summed E-state index contributed by atoms with van der Waals surface area (Å²) in [4.78, 5) is 16.0. The molecule has 0 bridgehead atoms. The number of aromatic amines is 1. The number of nitrogens with zero attached hydrogens (tertiary/aromatic N) is 3. The second-order valence-corrected chi connectivity index (χ2v) is 5.13. The van der Waals surface area contributed by atoms with Crippen molar-refractivity contribution in [3.63, 3.8) is 0 Å². The first kappa shape index (κ1) is 13.3. The lowest BCUT2D eigenvalue weighted by Gasteiger charge is -2.10. The summed E-state index contributed by atoms with van der Waals surface area (Å²) in [6.45, 7) is 0. The van der Waals surface area contributed by atoms with Crippen molar-refractivity contribution < 1.29 is 0 Å². The minimum absolute atomic E-state index is 0.358. The van der Waals surface area contributed by atoms with Gasteiger partial charge < -0.3 is 16.0 Å². The smallest absolute Gasteiger partial charge is 0.173 e. The number of nitrogens with one attached hydrogen (secondary N) is 2. The van der Waals surface area contributed by atoms with Crippen molar-refractivity contribution in [3.05, 3.63) is 61.2 Å². The lowest BCUT2D eigenvalue weighted by Crippen LogP contribution is -2.02. The van der Waals surface area contributed by atoms with Crippen molar-refractivity contribution in [1.82, 2.24) is 19.9 Å². The molecule has 0 unspecified atom stereocenters. The summed E-state index contributed by atoms with van der Waals surface area (Å²) in [5.41, 5.74) is 9.63. The third-order valence-electron chi connectivity index (χ3n) is 3.59. The maximum absolute atomic E-state index is 5.95. The molecule has 4 aromatic rings. The minimum Gasteiger partial charge on any atom is -0.381 e. The summed E-state index contributed by atoms with van der Waals surface area (Å²) >= 11 is 0. The number of nitrogens with two attached hydrogens (primary N) is 1. The monoisotopic (exact) mass is 302 g/mol. The van der Waals surface area contributed by atoms with Gasteiger partial charge in [0, 0.05) is 40.7 Å². The van der Waals surface area contributed by atoms with Crippen LogP contribution < -0.4 is 11.1 Å². The van der Waals surface area contributed by atoms with Crippen molar-refractivity contribution in [2.24, 2.45) is 0 Å². The molecule has 0 radical (unpaired) electrons. The summed E-state index contributed by atoms with van der Waals surface area (Å²) in [5.74, 6) is 0.895. The van der Waals surface area contributed by atoms with Crippen LogP contribution in [0.4, 0.5) is 17.3 Å². The Bertz CT molecular complexity index is 961. The fraction of sp³-hybridized carbons (Fsp3) is 0. The molecule has 4 N–H and O–H groups in total. The quantitative estimate of drug-likeness (QED) is 0.539. The fourth-order valence-electron chi connectivity index (χ4n) is 2.42. The van der Waals surface area contributed by atoms with Gasteiger partial charge in [0.15, 0.2) is 11.6 Å². The van der Waals surface area contributed by atoms with Gasteiger partial charge in [-0.3, -0.25) is 4.98 Å². The Morgan fingerprint density at radius 1 is 1.04 bits per heavy atom. The summed E-state index contributed by atoms with van der Waals surface area (Å²) in [7, 11) is 0. The van der Waals surface area contributed by atoms with E-state index in [0.29, 0.717) is 11.6 Å². The molecule has 23 heavy (non-hydrogen) atoms. The van der Waals surface area contributed by atoms with Crippen molar-refractivity contribution in [3.8, 4) is 11.3 Å². The highest BCUT2D eigenvalue weighted by Gasteiger charge is 2.07. The summed E-state index contributed by atoms with van der Waals surface area (Å²) in [5, 5.41) is 4.35. The SMILES string of the molecule is Nc1ncc(-c2ccncc2)nc1Nc1ccc2[nH]ccc2c1. The zero-order valence-electron chi connectivity index (χ0n) is 12.2. The number of H-pyrrole nitrogens is 1. The van der Waals surface area contributed by atoms with Gasteiger partial charge in [0.25, 0.3) is 0 Å². The predicted octanol–water partition coefficient (Wildman–Crippen LogP) is 3.35. The fourth-order valence-corrected chi connectivity index (χ4v) is 2.42. The lowest BCUT2D eigenvalue weighted by atomic mass is 10.2. The predicted molar refractivity (Wildman–Crippen MR) is 91.3 cm³/mol. The molecule has 0 atom stereocenters. The molecular weight excluding hydrogens is 288 g/mol. The van der Waals surface area contributed by atoms with Crippen molar-refractivity contribution >= 4 is 28.2 Å². The van der Waals surface area contributed by atoms with E-state index in [1.807, 2.05) is 42.6 Å². The Kier molecular flexibility index (Phi) is 3.12. The molecule has 3 aromatic heterocycles. The molecule has 3 heterocycles. The number of anilines is 3. The molecule has 4 rings (SSSR count). The number of nitrogen functional groups attached to an aromatic ring is 1. The van der Waals surface area contributed by atoms with Crippen molar-refractivity contribution in [2.75, 3.05) is 11.1 Å². The van der Waals surface area contributed by atoms with Crippen LogP contribution in [0, 0.1) is 0 Å². The van der Waals surface area contributed by atoms with Crippen LogP contribution in [0.1, 0.15) is 0 Å². The van der Waals surface area contributed by atoms with E-state index < -0.39 is 0 Å². The molecule has 0 aliphatic rings. The van der Waals surface area contributed by atoms with Crippen LogP contribution >= 0.6 is 0 Å². The van der Waals surface area contributed by atoms with Crippen molar-refractivity contribution in [1.29, 1.82) is 0 Å². The number of pyridine rings is 1. The highest BCUT2D eigenvalue weighted by Crippen LogP contribution is 2.25. The van der Waals surface area contributed by atoms with E-state index in [1.165, 1.54) is 0 Å². The van der Waals surface area contributed by atoms with E-state index in [-0.39, 0.29) is 0 Å². The third-order valence-corrected chi connectivity index (χ3v) is 3.59. The first-order valence-electron chi connectivity index (χ1n) is 7.17. The van der Waals surface area contributed by atoms with Gasteiger partial charge in [-0.15, -0.1) is 0 Å². The number of hydrogen-bond donors (Lipinski definition) is 3. The van der Waals surface area contributed by atoms with Crippen LogP contribution in [0.25, 0.3) is 22.2 Å². The molecule has 0 fully saturated rings. The molecule has 112 valence electrons. The number of benzene rings is 1. The first-order valence-corrected chi connectivity index (χ1v) is 7.17. The molecule has 1 aromatic carbocycles. The minimum atomic E-state index is 0.358. The summed E-state index contributed by atoms with van der Waals surface area (Å²) in [6, 6.07) is 11.8. The van der Waals surface area contributed by atoms with Gasteiger partial charge in [0.05, 0.1) is 11.9 Å². The molecule has 6 nitrogen and oxygen atoms in total. The van der Waals surface area contributed by atoms with Crippen LogP contribution in [0.2, 0.25) is 0 Å². The maximum atomic E-state index is 5.95. The molecule has 0 saturated carbocycles. The average molecular weight is 302 g/mol. The molecule has 0 amide bonds. The molecule has 0 spiro atoms. The zero-order chi connectivity index (χ0) is 15.6. The van der Waals surface area contributed by atoms with Crippen LogP contribution in [0.15, 0.2) is 61.2 Å². The Morgan fingerprint density at radius 2 is 1.91 bits per heavy atom. The van der Waals surface area contributed by atoms with Gasteiger partial charge in [0.1, 0.15) is 0 Å². The van der Waals surface area contributed by atoms with E-state index in [1.54, 1.807) is 18.6 Å². The van der Waals surface area contributed by atoms with Gasteiger partial charge >= 0.3 is 0 Å². The van der Waals surface area contributed by atoms with Crippen LogP contribution in [0.5, 0.6) is 0 Å². The molecule has 0 aliphatic heterocycles. The Morgan fingerprint density at radius 3 is 2.78 bits per heavy atom. The molecule has 0 aliphatic carbocycles. The zero-order valence-corrected chi connectivity index (χ0v) is 12.2. The number of fused-ring (bicyclic) bond motifs is 1. The number of aromatic nitrogens is 4. The molecule has 0 saturated heterocycles. The topological polar surface area (TPSA) is 92.5 Å². The van der Waals surface area contributed by atoms with E-state index in [2.05, 4.69) is 25.3 Å². The first-order chi connectivity index (χ1) is 11.3. The third kappa shape index (κ3) is 2.57. The number of rotatable bonds is 3. The highest BCUT2D eigenvalue weighted by atomic mass is 15.1. The number of hydrogen-bond acceptors (Lipinski definition) is 5. The van der Waals surface area contributed by atoms with Crippen molar-refractivity contribution in [2.45, 2.75) is 0 Å². The normalized spacial score (nSPS) is 10.8. The maximum Gasteiger partial charge on any atom is 0.173 e. The lowest BCUT2D eigenvalue weighted by molar-refractivity contribution is 1.20. The Labute approximate surface area is 132 Å². The van der Waals surface area contributed by atoms with Crippen LogP contribution in [-0.2, 0) is 0 Å². The van der Waals surface area contributed by atoms with E-state index >= 15 is 0 Å². The van der Waals surface area contributed by atoms with Gasteiger partial charge in [-0.2, -0.15) is 0 Å². The van der Waals surface area contributed by atoms with Crippen LogP contribution in [-0.4, -0.2) is 19.9 Å².